The fraction of sp³-hybridized carbons (Fsp3) is 0.278. The molecule has 7 heteroatoms. The molecule has 0 fully saturated rings. The first kappa shape index (κ1) is 16.1. The molecule has 0 atom stereocenters. The highest BCUT2D eigenvalue weighted by Crippen LogP contribution is 2.36. The molecule has 25 heavy (non-hydrogen) atoms. The van der Waals surface area contributed by atoms with Gasteiger partial charge in [-0.15, -0.1) is 0 Å². The van der Waals surface area contributed by atoms with Crippen LogP contribution in [0.2, 0.25) is 0 Å². The largest absolute Gasteiger partial charge is 0.462 e. The Balaban J connectivity index is 1.85. The molecule has 3 heterocycles. The molecule has 2 aromatic heterocycles. The summed E-state index contributed by atoms with van der Waals surface area (Å²) in [5.74, 6) is -0.354. The molecule has 0 saturated carbocycles. The Hall–Kier alpha value is -2.41. The molecule has 1 aliphatic rings. The monoisotopic (exact) mass is 400 g/mol. The van der Waals surface area contributed by atoms with Gasteiger partial charge in [0.25, 0.3) is 0 Å². The standard InChI is InChI=1S/C18H17BrN4O2/c1-3-25-18(24)15-7-20-17-14(8-21-22(17)2)16(15)23-9-11-4-5-13(19)6-12(11)10-23/h4-8H,3,9-10H2,1-2H3. The predicted octanol–water partition coefficient (Wildman–Crippen LogP) is 3.43. The first-order chi connectivity index (χ1) is 12.1. The number of pyridine rings is 1. The zero-order valence-corrected chi connectivity index (χ0v) is 15.6. The summed E-state index contributed by atoms with van der Waals surface area (Å²) in [4.78, 5) is 19.1. The van der Waals surface area contributed by atoms with E-state index in [9.17, 15) is 4.79 Å². The van der Waals surface area contributed by atoms with Gasteiger partial charge < -0.3 is 9.64 Å². The number of aromatic nitrogens is 3. The summed E-state index contributed by atoms with van der Waals surface area (Å²) in [6.07, 6.45) is 3.36. The van der Waals surface area contributed by atoms with Crippen LogP contribution in [0, 0.1) is 0 Å². The number of hydrogen-bond donors (Lipinski definition) is 0. The van der Waals surface area contributed by atoms with Gasteiger partial charge in [-0.05, 0) is 30.2 Å². The summed E-state index contributed by atoms with van der Waals surface area (Å²) in [6, 6.07) is 6.28. The van der Waals surface area contributed by atoms with Crippen LogP contribution < -0.4 is 4.90 Å². The zero-order chi connectivity index (χ0) is 17.6. The number of ether oxygens (including phenoxy) is 1. The highest BCUT2D eigenvalue weighted by Gasteiger charge is 2.27. The van der Waals surface area contributed by atoms with E-state index in [2.05, 4.69) is 43.0 Å². The number of nitrogens with zero attached hydrogens (tertiary/aromatic N) is 4. The van der Waals surface area contributed by atoms with Crippen molar-refractivity contribution in [3.05, 3.63) is 51.8 Å². The maximum absolute atomic E-state index is 12.5. The van der Waals surface area contributed by atoms with E-state index in [-0.39, 0.29) is 5.97 Å². The Labute approximate surface area is 153 Å². The van der Waals surface area contributed by atoms with Crippen molar-refractivity contribution in [2.24, 2.45) is 7.05 Å². The number of benzene rings is 1. The molecule has 0 unspecified atom stereocenters. The first-order valence-electron chi connectivity index (χ1n) is 8.08. The summed E-state index contributed by atoms with van der Waals surface area (Å²) in [6.45, 7) is 3.60. The average Bonchev–Trinajstić information content (AvgIpc) is 3.17. The molecule has 0 amide bonds. The Kier molecular flexibility index (Phi) is 3.95. The molecule has 0 N–H and O–H groups in total. The van der Waals surface area contributed by atoms with Crippen LogP contribution in [-0.2, 0) is 24.9 Å². The van der Waals surface area contributed by atoms with Crippen molar-refractivity contribution in [2.45, 2.75) is 20.0 Å². The van der Waals surface area contributed by atoms with Gasteiger partial charge >= 0.3 is 5.97 Å². The summed E-state index contributed by atoms with van der Waals surface area (Å²) in [5.41, 5.74) is 4.57. The maximum atomic E-state index is 12.5. The summed E-state index contributed by atoms with van der Waals surface area (Å²) < 4.78 is 8.01. The van der Waals surface area contributed by atoms with E-state index in [0.717, 1.165) is 34.3 Å². The molecule has 0 spiro atoms. The van der Waals surface area contributed by atoms with E-state index in [0.29, 0.717) is 12.2 Å². The van der Waals surface area contributed by atoms with Crippen molar-refractivity contribution < 1.29 is 9.53 Å². The molecule has 128 valence electrons. The highest BCUT2D eigenvalue weighted by molar-refractivity contribution is 9.10. The van der Waals surface area contributed by atoms with Gasteiger partial charge in [0, 0.05) is 30.8 Å². The number of anilines is 1. The third-order valence-corrected chi connectivity index (χ3v) is 4.93. The van der Waals surface area contributed by atoms with Gasteiger partial charge in [0.2, 0.25) is 0 Å². The van der Waals surface area contributed by atoms with Crippen LogP contribution in [0.3, 0.4) is 0 Å². The van der Waals surface area contributed by atoms with E-state index in [1.165, 1.54) is 11.1 Å². The minimum atomic E-state index is -0.354. The van der Waals surface area contributed by atoms with E-state index in [1.807, 2.05) is 13.1 Å². The Morgan fingerprint density at radius 2 is 2.08 bits per heavy atom. The SMILES string of the molecule is CCOC(=O)c1cnc2c(cnn2C)c1N1Cc2ccc(Br)cc2C1. The van der Waals surface area contributed by atoms with E-state index < -0.39 is 0 Å². The van der Waals surface area contributed by atoms with Crippen LogP contribution in [0.25, 0.3) is 11.0 Å². The maximum Gasteiger partial charge on any atom is 0.341 e. The van der Waals surface area contributed by atoms with Gasteiger partial charge in [0.1, 0.15) is 5.56 Å². The van der Waals surface area contributed by atoms with Crippen molar-refractivity contribution in [1.82, 2.24) is 14.8 Å². The second-order valence-electron chi connectivity index (χ2n) is 6.02. The van der Waals surface area contributed by atoms with Crippen molar-refractivity contribution in [3.63, 3.8) is 0 Å². The number of halogens is 1. The van der Waals surface area contributed by atoms with Crippen LogP contribution in [0.4, 0.5) is 5.69 Å². The van der Waals surface area contributed by atoms with Crippen molar-refractivity contribution in [2.75, 3.05) is 11.5 Å². The molecule has 3 aromatic rings. The van der Waals surface area contributed by atoms with Gasteiger partial charge in [-0.3, -0.25) is 4.68 Å². The Bertz CT molecular complexity index is 983. The van der Waals surface area contributed by atoms with Crippen LogP contribution in [0.15, 0.2) is 35.1 Å². The minimum absolute atomic E-state index is 0.330. The lowest BCUT2D eigenvalue weighted by Gasteiger charge is -2.21. The number of carbonyl (C=O) groups excluding carboxylic acids is 1. The zero-order valence-electron chi connectivity index (χ0n) is 14.0. The summed E-state index contributed by atoms with van der Waals surface area (Å²) in [7, 11) is 1.85. The molecule has 0 bridgehead atoms. The van der Waals surface area contributed by atoms with Crippen LogP contribution in [0.1, 0.15) is 28.4 Å². The van der Waals surface area contributed by atoms with Gasteiger partial charge in [-0.25, -0.2) is 9.78 Å². The Morgan fingerprint density at radius 3 is 2.88 bits per heavy atom. The van der Waals surface area contributed by atoms with Gasteiger partial charge in [-0.2, -0.15) is 5.10 Å². The smallest absolute Gasteiger partial charge is 0.341 e. The second kappa shape index (κ2) is 6.15. The number of esters is 1. The number of aryl methyl sites for hydroxylation is 1. The predicted molar refractivity (Wildman–Crippen MR) is 98.5 cm³/mol. The van der Waals surface area contributed by atoms with E-state index >= 15 is 0 Å². The molecular weight excluding hydrogens is 384 g/mol. The van der Waals surface area contributed by atoms with Gasteiger partial charge in [0.15, 0.2) is 5.65 Å². The van der Waals surface area contributed by atoms with E-state index in [1.54, 1.807) is 24.0 Å². The molecule has 0 radical (unpaired) electrons. The lowest BCUT2D eigenvalue weighted by atomic mass is 10.1. The number of fused-ring (bicyclic) bond motifs is 2. The van der Waals surface area contributed by atoms with Crippen LogP contribution in [0.5, 0.6) is 0 Å². The summed E-state index contributed by atoms with van der Waals surface area (Å²) in [5, 5.41) is 5.17. The minimum Gasteiger partial charge on any atom is -0.462 e. The lowest BCUT2D eigenvalue weighted by molar-refractivity contribution is 0.0526. The fourth-order valence-corrected chi connectivity index (χ4v) is 3.71. The van der Waals surface area contributed by atoms with Gasteiger partial charge in [-0.1, -0.05) is 22.0 Å². The third-order valence-electron chi connectivity index (χ3n) is 4.44. The molecule has 1 aliphatic heterocycles. The van der Waals surface area contributed by atoms with Crippen molar-refractivity contribution in [3.8, 4) is 0 Å². The number of hydrogen-bond acceptors (Lipinski definition) is 5. The van der Waals surface area contributed by atoms with Crippen molar-refractivity contribution >= 4 is 38.6 Å². The van der Waals surface area contributed by atoms with Crippen molar-refractivity contribution in [1.29, 1.82) is 0 Å². The third kappa shape index (κ3) is 2.68. The normalized spacial score (nSPS) is 13.3. The van der Waals surface area contributed by atoms with Crippen LogP contribution in [-0.4, -0.2) is 27.3 Å². The second-order valence-corrected chi connectivity index (χ2v) is 6.93. The molecular formula is C18H17BrN4O2. The molecule has 1 aromatic carbocycles. The highest BCUT2D eigenvalue weighted by atomic mass is 79.9. The number of carbonyl (C=O) groups is 1. The molecule has 4 rings (SSSR count). The first-order valence-corrected chi connectivity index (χ1v) is 8.88. The number of rotatable bonds is 3. The molecule has 0 saturated heterocycles. The molecule has 0 aliphatic carbocycles. The topological polar surface area (TPSA) is 60.2 Å². The van der Waals surface area contributed by atoms with E-state index in [4.69, 9.17) is 4.74 Å². The quantitative estimate of drug-likeness (QED) is 0.630. The van der Waals surface area contributed by atoms with Gasteiger partial charge in [0.05, 0.1) is 23.9 Å². The van der Waals surface area contributed by atoms with Crippen LogP contribution >= 0.6 is 15.9 Å². The summed E-state index contributed by atoms with van der Waals surface area (Å²) >= 11 is 3.53. The fourth-order valence-electron chi connectivity index (χ4n) is 3.30. The lowest BCUT2D eigenvalue weighted by Crippen LogP contribution is -2.20. The Morgan fingerprint density at radius 1 is 1.28 bits per heavy atom. The average molecular weight is 401 g/mol. The molecule has 6 nitrogen and oxygen atoms in total.